The predicted octanol–water partition coefficient (Wildman–Crippen LogP) is 8.89. The molecule has 4 heteroatoms. The first-order valence-corrected chi connectivity index (χ1v) is 15.5. The molecule has 1 heterocycles. The van der Waals surface area contributed by atoms with E-state index in [4.69, 9.17) is 4.98 Å². The van der Waals surface area contributed by atoms with Gasteiger partial charge in [-0.25, -0.2) is 9.56 Å². The smallest absolute Gasteiger partial charge is 0.204 e. The van der Waals surface area contributed by atoms with Crippen LogP contribution in [0.5, 0.6) is 0 Å². The third kappa shape index (κ3) is 9.18. The molecular formula is C32H50N3S+. The number of nitrogens with zero attached hydrogens (tertiary/aromatic N) is 2. The minimum atomic E-state index is 1.09. The third-order valence-corrected chi connectivity index (χ3v) is 8.49. The fraction of sp³-hybridized carbons (Fsp3) is 0.625. The van der Waals surface area contributed by atoms with Gasteiger partial charge in [-0.2, -0.15) is 0 Å². The van der Waals surface area contributed by atoms with Crippen LogP contribution in [-0.4, -0.2) is 26.1 Å². The Morgan fingerprint density at radius 1 is 0.750 bits per heavy atom. The fourth-order valence-electron chi connectivity index (χ4n) is 5.17. The van der Waals surface area contributed by atoms with Crippen molar-refractivity contribution in [2.45, 2.75) is 110 Å². The summed E-state index contributed by atoms with van der Waals surface area (Å²) < 4.78 is 3.50. The Bertz CT molecular complexity index is 1080. The lowest BCUT2D eigenvalue weighted by Crippen LogP contribution is -2.26. The first kappa shape index (κ1) is 28.6. The van der Waals surface area contributed by atoms with E-state index < -0.39 is 0 Å². The second-order valence-electron chi connectivity index (χ2n) is 10.7. The number of fused-ring (bicyclic) bond motifs is 2. The van der Waals surface area contributed by atoms with Crippen molar-refractivity contribution in [1.29, 1.82) is 0 Å². The molecule has 1 aliphatic carbocycles. The topological polar surface area (TPSA) is 27.9 Å². The SMILES string of the molecule is CCCCCCCCCCCCCCCCCc1cc2nc3ccc(NC)cc3sc-2cc1=[N+](C)C. The predicted molar refractivity (Wildman–Crippen MR) is 162 cm³/mol. The lowest BCUT2D eigenvalue weighted by molar-refractivity contribution is 0.532. The first-order chi connectivity index (χ1) is 17.6. The summed E-state index contributed by atoms with van der Waals surface area (Å²) in [5.41, 5.74) is 4.79. The molecule has 0 spiro atoms. The Balaban J connectivity index is 1.40. The van der Waals surface area contributed by atoms with Crippen LogP contribution in [0.25, 0.3) is 20.8 Å². The quantitative estimate of drug-likeness (QED) is 0.112. The normalized spacial score (nSPS) is 11.4. The maximum absolute atomic E-state index is 5.00. The van der Waals surface area contributed by atoms with Crippen molar-refractivity contribution in [3.05, 3.63) is 41.3 Å². The molecule has 0 atom stereocenters. The van der Waals surface area contributed by atoms with E-state index in [0.29, 0.717) is 0 Å². The lowest BCUT2D eigenvalue weighted by Gasteiger charge is -2.10. The molecule has 1 aliphatic heterocycles. The largest absolute Gasteiger partial charge is 0.388 e. The summed E-state index contributed by atoms with van der Waals surface area (Å²) in [6.45, 7) is 2.30. The molecule has 3 nitrogen and oxygen atoms in total. The highest BCUT2D eigenvalue weighted by atomic mass is 32.1. The van der Waals surface area contributed by atoms with Crippen LogP contribution in [0.3, 0.4) is 0 Å². The highest BCUT2D eigenvalue weighted by molar-refractivity contribution is 7.21. The van der Waals surface area contributed by atoms with E-state index in [1.165, 1.54) is 117 Å². The Morgan fingerprint density at radius 2 is 1.33 bits per heavy atom. The number of anilines is 1. The number of hydrogen-bond donors (Lipinski definition) is 1. The van der Waals surface area contributed by atoms with Gasteiger partial charge in [0.1, 0.15) is 14.1 Å². The molecule has 0 saturated carbocycles. The Hall–Kier alpha value is -1.94. The van der Waals surface area contributed by atoms with Crippen LogP contribution in [0.4, 0.5) is 5.69 Å². The lowest BCUT2D eigenvalue weighted by atomic mass is 10.0. The molecule has 1 aromatic rings. The van der Waals surface area contributed by atoms with E-state index in [0.717, 1.165) is 23.3 Å². The van der Waals surface area contributed by atoms with E-state index >= 15 is 0 Å². The van der Waals surface area contributed by atoms with Gasteiger partial charge < -0.3 is 5.32 Å². The van der Waals surface area contributed by atoms with Gasteiger partial charge >= 0.3 is 0 Å². The third-order valence-electron chi connectivity index (χ3n) is 7.40. The molecule has 0 bridgehead atoms. The zero-order valence-corrected chi connectivity index (χ0v) is 24.3. The Labute approximate surface area is 224 Å². The van der Waals surface area contributed by atoms with Gasteiger partial charge in [-0.15, -0.1) is 11.3 Å². The number of unbranched alkanes of at least 4 members (excludes halogenated alkanes) is 14. The number of hydrogen-bond acceptors (Lipinski definition) is 3. The van der Waals surface area contributed by atoms with Crippen LogP contribution >= 0.6 is 11.3 Å². The van der Waals surface area contributed by atoms with E-state index in [1.54, 1.807) is 0 Å². The molecule has 198 valence electrons. The Morgan fingerprint density at radius 3 is 1.89 bits per heavy atom. The van der Waals surface area contributed by atoms with Gasteiger partial charge in [0.15, 0.2) is 0 Å². The second kappa shape index (κ2) is 16.0. The highest BCUT2D eigenvalue weighted by Gasteiger charge is 2.14. The molecule has 0 radical (unpaired) electrons. The zero-order chi connectivity index (χ0) is 25.6. The average Bonchev–Trinajstić information content (AvgIpc) is 2.88. The minimum absolute atomic E-state index is 1.09. The number of benzene rings is 2. The monoisotopic (exact) mass is 508 g/mol. The van der Waals surface area contributed by atoms with Crippen LogP contribution in [-0.2, 0) is 6.42 Å². The van der Waals surface area contributed by atoms with Crippen molar-refractivity contribution >= 4 is 27.2 Å². The summed E-state index contributed by atoms with van der Waals surface area (Å²) in [4.78, 5) is 6.26. The molecule has 0 aromatic heterocycles. The van der Waals surface area contributed by atoms with E-state index in [-0.39, 0.29) is 0 Å². The standard InChI is InChI=1S/C32H49N3S/c1-5-6-7-8-9-10-11-12-13-14-15-16-17-18-19-20-26-23-29-32(25-30(26)35(3)4)36-31-24-27(33-2)21-22-28(31)34-29/h21-25H,5-20H2,1-4H3/p+1. The molecule has 1 N–H and O–H groups in total. The Kier molecular flexibility index (Phi) is 12.7. The molecule has 1 aromatic carbocycles. The summed E-state index contributed by atoms with van der Waals surface area (Å²) in [5, 5.41) is 4.58. The summed E-state index contributed by atoms with van der Waals surface area (Å²) >= 11 is 1.84. The number of nitrogens with one attached hydrogen (secondary N) is 1. The summed E-state index contributed by atoms with van der Waals surface area (Å²) in [7, 11) is 6.29. The van der Waals surface area contributed by atoms with Crippen LogP contribution in [0.1, 0.15) is 109 Å². The van der Waals surface area contributed by atoms with Crippen LogP contribution in [0, 0.1) is 0 Å². The van der Waals surface area contributed by atoms with Crippen molar-refractivity contribution in [3.63, 3.8) is 0 Å². The van der Waals surface area contributed by atoms with Gasteiger partial charge in [-0.05, 0) is 37.1 Å². The van der Waals surface area contributed by atoms with Crippen molar-refractivity contribution in [2.24, 2.45) is 0 Å². The van der Waals surface area contributed by atoms with Gasteiger partial charge in [-0.3, -0.25) is 0 Å². The van der Waals surface area contributed by atoms with E-state index in [9.17, 15) is 0 Å². The summed E-state index contributed by atoms with van der Waals surface area (Å²) in [5.74, 6) is 0. The molecule has 3 rings (SSSR count). The minimum Gasteiger partial charge on any atom is -0.388 e. The maximum Gasteiger partial charge on any atom is 0.204 e. The van der Waals surface area contributed by atoms with Gasteiger partial charge in [0, 0.05) is 24.4 Å². The van der Waals surface area contributed by atoms with Gasteiger partial charge in [0.25, 0.3) is 0 Å². The molecule has 36 heavy (non-hydrogen) atoms. The highest BCUT2D eigenvalue weighted by Crippen LogP contribution is 2.31. The van der Waals surface area contributed by atoms with Gasteiger partial charge in [-0.1, -0.05) is 96.8 Å². The molecule has 0 saturated heterocycles. The summed E-state index contributed by atoms with van der Waals surface area (Å²) in [6.07, 6.45) is 22.3. The van der Waals surface area contributed by atoms with Crippen LogP contribution in [0.2, 0.25) is 0 Å². The van der Waals surface area contributed by atoms with Gasteiger partial charge in [0.05, 0.1) is 20.8 Å². The molecular weight excluding hydrogens is 458 g/mol. The van der Waals surface area contributed by atoms with Crippen molar-refractivity contribution in [2.75, 3.05) is 26.5 Å². The number of rotatable bonds is 17. The van der Waals surface area contributed by atoms with E-state index in [2.05, 4.69) is 61.2 Å². The van der Waals surface area contributed by atoms with Crippen molar-refractivity contribution in [3.8, 4) is 10.6 Å². The number of aromatic nitrogens is 1. The zero-order valence-electron chi connectivity index (χ0n) is 23.5. The fourth-order valence-corrected chi connectivity index (χ4v) is 6.19. The number of aryl methyl sites for hydroxylation is 1. The van der Waals surface area contributed by atoms with Crippen molar-refractivity contribution < 1.29 is 0 Å². The molecule has 0 unspecified atom stereocenters. The average molecular weight is 509 g/mol. The molecule has 0 amide bonds. The molecule has 0 fully saturated rings. The summed E-state index contributed by atoms with van der Waals surface area (Å²) in [6, 6.07) is 11.1. The van der Waals surface area contributed by atoms with Crippen LogP contribution in [0.15, 0.2) is 30.3 Å². The van der Waals surface area contributed by atoms with Crippen LogP contribution < -0.4 is 15.2 Å². The maximum atomic E-state index is 5.00. The van der Waals surface area contributed by atoms with Crippen molar-refractivity contribution in [1.82, 2.24) is 9.56 Å². The first-order valence-electron chi connectivity index (χ1n) is 14.7. The molecule has 2 aliphatic rings. The van der Waals surface area contributed by atoms with E-state index in [1.807, 2.05) is 18.4 Å². The second-order valence-corrected chi connectivity index (χ2v) is 11.8. The van der Waals surface area contributed by atoms with Gasteiger partial charge in [0.2, 0.25) is 5.36 Å².